The van der Waals surface area contributed by atoms with Crippen molar-refractivity contribution >= 4 is 5.91 Å². The van der Waals surface area contributed by atoms with Crippen molar-refractivity contribution in [3.63, 3.8) is 0 Å². The van der Waals surface area contributed by atoms with Crippen LogP contribution in [0.2, 0.25) is 0 Å². The topological polar surface area (TPSA) is 70.1 Å². The lowest BCUT2D eigenvalue weighted by atomic mass is 9.98. The maximum absolute atomic E-state index is 11.2. The van der Waals surface area contributed by atoms with E-state index in [9.17, 15) is 4.79 Å². The summed E-state index contributed by atoms with van der Waals surface area (Å²) in [6.45, 7) is 1.47. The van der Waals surface area contributed by atoms with Crippen LogP contribution in [0.25, 0.3) is 0 Å². The van der Waals surface area contributed by atoms with Gasteiger partial charge in [0.05, 0.1) is 6.07 Å². The van der Waals surface area contributed by atoms with Gasteiger partial charge in [-0.15, -0.1) is 0 Å². The molecule has 1 amide bonds. The van der Waals surface area contributed by atoms with Crippen molar-refractivity contribution in [3.05, 3.63) is 0 Å². The Morgan fingerprint density at radius 1 is 1.75 bits per heavy atom. The van der Waals surface area contributed by atoms with E-state index >= 15 is 0 Å². The second-order valence-electron chi connectivity index (χ2n) is 3.07. The normalized spacial score (nSPS) is 23.8. The van der Waals surface area contributed by atoms with Crippen LogP contribution in [0.3, 0.4) is 0 Å². The minimum atomic E-state index is 0.0845. The Morgan fingerprint density at radius 3 is 3.08 bits per heavy atom. The van der Waals surface area contributed by atoms with Gasteiger partial charge in [-0.05, 0) is 18.9 Å². The Bertz CT molecular complexity index is 209. The number of carbonyl (C=O) groups is 1. The molecule has 1 unspecified atom stereocenters. The molecule has 0 saturated carbocycles. The van der Waals surface area contributed by atoms with E-state index < -0.39 is 0 Å². The Kier molecular flexibility index (Phi) is 3.06. The van der Waals surface area contributed by atoms with Crippen molar-refractivity contribution in [2.75, 3.05) is 19.6 Å². The predicted octanol–water partition coefficient (Wildman–Crippen LogP) is -0.293. The largest absolute Gasteiger partial charge is 0.330 e. The van der Waals surface area contributed by atoms with Gasteiger partial charge in [-0.3, -0.25) is 4.79 Å². The molecule has 1 fully saturated rings. The van der Waals surface area contributed by atoms with Crippen LogP contribution < -0.4 is 5.73 Å². The van der Waals surface area contributed by atoms with Crippen LogP contribution in [0.1, 0.15) is 12.8 Å². The van der Waals surface area contributed by atoms with E-state index in [1.165, 1.54) is 0 Å². The van der Waals surface area contributed by atoms with E-state index in [2.05, 4.69) is 0 Å². The second kappa shape index (κ2) is 4.07. The maximum Gasteiger partial charge on any atom is 0.223 e. The molecular weight excluding hydrogens is 154 g/mol. The van der Waals surface area contributed by atoms with E-state index in [4.69, 9.17) is 11.0 Å². The molecule has 4 nitrogen and oxygen atoms in total. The van der Waals surface area contributed by atoms with Gasteiger partial charge in [0.2, 0.25) is 5.91 Å². The Hall–Kier alpha value is -1.08. The molecular formula is C8H13N3O. The summed E-state index contributed by atoms with van der Waals surface area (Å²) >= 11 is 0. The van der Waals surface area contributed by atoms with Crippen LogP contribution in [0.15, 0.2) is 0 Å². The van der Waals surface area contributed by atoms with Crippen molar-refractivity contribution in [1.82, 2.24) is 4.90 Å². The number of hydrogen-bond acceptors (Lipinski definition) is 3. The molecule has 0 aliphatic carbocycles. The highest BCUT2D eigenvalue weighted by molar-refractivity contribution is 5.77. The van der Waals surface area contributed by atoms with Crippen molar-refractivity contribution in [3.8, 4) is 6.07 Å². The smallest absolute Gasteiger partial charge is 0.223 e. The SMILES string of the molecule is N#CCN1CC(CN)CCC1=O. The molecule has 0 spiro atoms. The summed E-state index contributed by atoms with van der Waals surface area (Å²) in [5.41, 5.74) is 5.49. The van der Waals surface area contributed by atoms with Gasteiger partial charge in [-0.2, -0.15) is 5.26 Å². The molecule has 66 valence electrons. The number of nitrogens with two attached hydrogens (primary N) is 1. The minimum absolute atomic E-state index is 0.0845. The molecule has 2 N–H and O–H groups in total. The van der Waals surface area contributed by atoms with Gasteiger partial charge in [-0.25, -0.2) is 0 Å². The Morgan fingerprint density at radius 2 is 2.50 bits per heavy atom. The quantitative estimate of drug-likeness (QED) is 0.574. The van der Waals surface area contributed by atoms with Crippen LogP contribution in [-0.2, 0) is 4.79 Å². The van der Waals surface area contributed by atoms with Gasteiger partial charge < -0.3 is 10.6 Å². The monoisotopic (exact) mass is 167 g/mol. The lowest BCUT2D eigenvalue weighted by molar-refractivity contribution is -0.133. The Labute approximate surface area is 71.9 Å². The third-order valence-electron chi connectivity index (χ3n) is 2.19. The average molecular weight is 167 g/mol. The molecule has 1 saturated heterocycles. The third-order valence-corrected chi connectivity index (χ3v) is 2.19. The molecule has 12 heavy (non-hydrogen) atoms. The van der Waals surface area contributed by atoms with Gasteiger partial charge in [0.25, 0.3) is 0 Å². The lowest BCUT2D eigenvalue weighted by Gasteiger charge is -2.29. The molecule has 0 aromatic rings. The molecule has 0 aromatic heterocycles. The highest BCUT2D eigenvalue weighted by Gasteiger charge is 2.23. The molecule has 1 atom stereocenters. The second-order valence-corrected chi connectivity index (χ2v) is 3.07. The fraction of sp³-hybridized carbons (Fsp3) is 0.750. The van der Waals surface area contributed by atoms with E-state index in [1.54, 1.807) is 4.90 Å². The van der Waals surface area contributed by atoms with Crippen molar-refractivity contribution in [2.24, 2.45) is 11.7 Å². The van der Waals surface area contributed by atoms with Gasteiger partial charge in [0, 0.05) is 13.0 Å². The van der Waals surface area contributed by atoms with Gasteiger partial charge in [-0.1, -0.05) is 0 Å². The minimum Gasteiger partial charge on any atom is -0.330 e. The molecule has 1 aliphatic rings. The van der Waals surface area contributed by atoms with Crippen LogP contribution in [0.5, 0.6) is 0 Å². The lowest BCUT2D eigenvalue weighted by Crippen LogP contribution is -2.42. The zero-order valence-corrected chi connectivity index (χ0v) is 6.99. The number of nitrogens with zero attached hydrogens (tertiary/aromatic N) is 2. The summed E-state index contributed by atoms with van der Waals surface area (Å²) < 4.78 is 0. The fourth-order valence-electron chi connectivity index (χ4n) is 1.42. The van der Waals surface area contributed by atoms with Crippen LogP contribution in [-0.4, -0.2) is 30.4 Å². The first-order valence-corrected chi connectivity index (χ1v) is 4.12. The Balaban J connectivity index is 2.48. The highest BCUT2D eigenvalue weighted by Crippen LogP contribution is 2.15. The van der Waals surface area contributed by atoms with E-state index in [0.29, 0.717) is 25.4 Å². The van der Waals surface area contributed by atoms with Gasteiger partial charge in [0.15, 0.2) is 0 Å². The van der Waals surface area contributed by atoms with Gasteiger partial charge in [0.1, 0.15) is 6.54 Å². The summed E-state index contributed by atoms with van der Waals surface area (Å²) in [7, 11) is 0. The number of piperidine rings is 1. The average Bonchev–Trinajstić information content (AvgIpc) is 2.09. The molecule has 0 bridgehead atoms. The van der Waals surface area contributed by atoms with Crippen LogP contribution in [0, 0.1) is 17.2 Å². The molecule has 1 heterocycles. The summed E-state index contributed by atoms with van der Waals surface area (Å²) in [4.78, 5) is 12.8. The van der Waals surface area contributed by atoms with E-state index in [1.807, 2.05) is 6.07 Å². The predicted molar refractivity (Wildman–Crippen MR) is 44.0 cm³/mol. The zero-order chi connectivity index (χ0) is 8.97. The van der Waals surface area contributed by atoms with Crippen LogP contribution >= 0.6 is 0 Å². The fourth-order valence-corrected chi connectivity index (χ4v) is 1.42. The van der Waals surface area contributed by atoms with Crippen molar-refractivity contribution in [2.45, 2.75) is 12.8 Å². The summed E-state index contributed by atoms with van der Waals surface area (Å²) in [5, 5.41) is 8.42. The summed E-state index contributed by atoms with van der Waals surface area (Å²) in [6.07, 6.45) is 1.42. The first kappa shape index (κ1) is 9.01. The number of carbonyl (C=O) groups excluding carboxylic acids is 1. The van der Waals surface area contributed by atoms with E-state index in [-0.39, 0.29) is 12.5 Å². The van der Waals surface area contributed by atoms with Crippen molar-refractivity contribution in [1.29, 1.82) is 5.26 Å². The zero-order valence-electron chi connectivity index (χ0n) is 6.99. The first-order valence-electron chi connectivity index (χ1n) is 4.12. The number of hydrogen-bond donors (Lipinski definition) is 1. The molecule has 0 aromatic carbocycles. The van der Waals surface area contributed by atoms with Crippen LogP contribution in [0.4, 0.5) is 0 Å². The molecule has 1 aliphatic heterocycles. The summed E-state index contributed by atoms with van der Waals surface area (Å²) in [5.74, 6) is 0.470. The molecule has 0 radical (unpaired) electrons. The number of likely N-dealkylation sites (tertiary alicyclic amines) is 1. The molecule has 4 heteroatoms. The van der Waals surface area contributed by atoms with E-state index in [0.717, 1.165) is 6.42 Å². The number of nitriles is 1. The van der Waals surface area contributed by atoms with Gasteiger partial charge >= 0.3 is 0 Å². The number of amides is 1. The highest BCUT2D eigenvalue weighted by atomic mass is 16.2. The van der Waals surface area contributed by atoms with Crippen molar-refractivity contribution < 1.29 is 4.79 Å². The number of rotatable bonds is 2. The maximum atomic E-state index is 11.2. The molecule has 1 rings (SSSR count). The third kappa shape index (κ3) is 1.95. The summed E-state index contributed by atoms with van der Waals surface area (Å²) in [6, 6.07) is 1.98. The standard InChI is InChI=1S/C8H13N3O/c9-3-4-11-6-7(5-10)1-2-8(11)12/h7H,1-2,4-6,10H2. The first-order chi connectivity index (χ1) is 5.77.